The van der Waals surface area contributed by atoms with Crippen molar-refractivity contribution in [2.75, 3.05) is 33.2 Å². The van der Waals surface area contributed by atoms with Gasteiger partial charge in [-0.2, -0.15) is 0 Å². The minimum absolute atomic E-state index is 0.579. The zero-order valence-electron chi connectivity index (χ0n) is 27.3. The highest BCUT2D eigenvalue weighted by atomic mass is 31.1. The van der Waals surface area contributed by atoms with Gasteiger partial charge in [0.05, 0.1) is 14.2 Å². The van der Waals surface area contributed by atoms with Crippen LogP contribution in [0.2, 0.25) is 0 Å². The van der Waals surface area contributed by atoms with Crippen molar-refractivity contribution < 1.29 is 9.47 Å². The van der Waals surface area contributed by atoms with E-state index in [1.807, 2.05) is 0 Å². The van der Waals surface area contributed by atoms with Crippen LogP contribution in [0.4, 0.5) is 5.69 Å². The summed E-state index contributed by atoms with van der Waals surface area (Å²) in [7, 11) is 7.07. The van der Waals surface area contributed by atoms with E-state index in [0.29, 0.717) is 5.66 Å². The number of benzene rings is 6. The molecule has 0 aliphatic heterocycles. The maximum atomic E-state index is 6.17. The number of fused-ring (bicyclic) bond motifs is 2. The summed E-state index contributed by atoms with van der Waals surface area (Å²) in [5, 5.41) is 7.72. The van der Waals surface area contributed by atoms with Crippen LogP contribution in [0.15, 0.2) is 115 Å². The SMILES string of the molecule is COc1ccc2ccccc2c1-c1cccc(-c2c(OC)ccc3ccccc23)c1P(c1ccc(N(C)C)cc1)C1CCCCC1. The summed E-state index contributed by atoms with van der Waals surface area (Å²) in [6.45, 7) is 0. The summed E-state index contributed by atoms with van der Waals surface area (Å²) in [6, 6.07) is 42.4. The maximum Gasteiger partial charge on any atom is 0.127 e. The lowest BCUT2D eigenvalue weighted by atomic mass is 9.92. The van der Waals surface area contributed by atoms with Crippen LogP contribution in [-0.2, 0) is 0 Å². The molecule has 6 aromatic carbocycles. The highest BCUT2D eigenvalue weighted by Gasteiger charge is 2.32. The van der Waals surface area contributed by atoms with Crippen molar-refractivity contribution in [3.05, 3.63) is 115 Å². The minimum Gasteiger partial charge on any atom is -0.496 e. The van der Waals surface area contributed by atoms with E-state index in [1.165, 1.54) is 92.2 Å². The Balaban J connectivity index is 1.62. The van der Waals surface area contributed by atoms with Crippen molar-refractivity contribution in [2.45, 2.75) is 37.8 Å². The Morgan fingerprint density at radius 2 is 1.09 bits per heavy atom. The molecule has 232 valence electrons. The third kappa shape index (κ3) is 5.52. The topological polar surface area (TPSA) is 21.7 Å². The number of ether oxygens (including phenoxy) is 2. The third-order valence-electron chi connectivity index (χ3n) is 9.62. The first-order valence-electron chi connectivity index (χ1n) is 16.4. The fourth-order valence-electron chi connectivity index (χ4n) is 7.38. The average molecular weight is 624 g/mol. The Labute approximate surface area is 274 Å². The van der Waals surface area contributed by atoms with Crippen molar-refractivity contribution in [1.29, 1.82) is 0 Å². The van der Waals surface area contributed by atoms with E-state index in [4.69, 9.17) is 9.47 Å². The first-order valence-corrected chi connectivity index (χ1v) is 17.8. The summed E-state index contributed by atoms with van der Waals surface area (Å²) in [5.41, 5.74) is 6.66. The predicted octanol–water partition coefficient (Wildman–Crippen LogP) is 10.2. The molecule has 7 rings (SSSR count). The number of anilines is 1. The van der Waals surface area contributed by atoms with Gasteiger partial charge in [0.2, 0.25) is 0 Å². The van der Waals surface area contributed by atoms with Crippen molar-refractivity contribution in [2.24, 2.45) is 0 Å². The largest absolute Gasteiger partial charge is 0.496 e. The first-order chi connectivity index (χ1) is 22.6. The standard InChI is InChI=1S/C42H42NO2P/c1-43(2)31-23-25-33(26-24-31)46(32-15-6-5-7-16-32)42-36(40-34-17-10-8-13-29(34)21-27-38(40)44-3)19-12-20-37(42)41-35-18-11-9-14-30(35)22-28-39(41)45-4/h8-14,17-28,32H,5-7,15-16H2,1-4H3. The molecule has 3 nitrogen and oxygen atoms in total. The summed E-state index contributed by atoms with van der Waals surface area (Å²) in [4.78, 5) is 2.19. The molecule has 1 fully saturated rings. The van der Waals surface area contributed by atoms with E-state index in [-0.39, 0.29) is 0 Å². The molecule has 0 bridgehead atoms. The Bertz CT molecular complexity index is 1890. The summed E-state index contributed by atoms with van der Waals surface area (Å²) >= 11 is 0. The Hall–Kier alpha value is -4.33. The van der Waals surface area contributed by atoms with Crippen LogP contribution in [0.1, 0.15) is 32.1 Å². The zero-order chi connectivity index (χ0) is 31.6. The van der Waals surface area contributed by atoms with Crippen LogP contribution < -0.4 is 25.0 Å². The van der Waals surface area contributed by atoms with Crippen LogP contribution >= 0.6 is 7.92 Å². The average Bonchev–Trinajstić information content (AvgIpc) is 3.11. The van der Waals surface area contributed by atoms with Gasteiger partial charge in [-0.05, 0) is 94.0 Å². The fourth-order valence-corrected chi connectivity index (χ4v) is 10.7. The summed E-state index contributed by atoms with van der Waals surface area (Å²) in [6.07, 6.45) is 6.38. The molecule has 1 aliphatic carbocycles. The van der Waals surface area contributed by atoms with Crippen molar-refractivity contribution in [3.63, 3.8) is 0 Å². The molecule has 0 radical (unpaired) electrons. The quantitative estimate of drug-likeness (QED) is 0.158. The Kier molecular flexibility index (Phi) is 8.69. The number of nitrogens with zero attached hydrogens (tertiary/aromatic N) is 1. The van der Waals surface area contributed by atoms with Crippen LogP contribution in [0.25, 0.3) is 43.8 Å². The summed E-state index contributed by atoms with van der Waals surface area (Å²) in [5.74, 6) is 1.81. The van der Waals surface area contributed by atoms with Crippen molar-refractivity contribution in [1.82, 2.24) is 0 Å². The molecule has 1 saturated carbocycles. The predicted molar refractivity (Wildman–Crippen MR) is 199 cm³/mol. The van der Waals surface area contributed by atoms with Gasteiger partial charge in [0.15, 0.2) is 0 Å². The highest BCUT2D eigenvalue weighted by Crippen LogP contribution is 2.53. The van der Waals surface area contributed by atoms with Gasteiger partial charge in [-0.25, -0.2) is 0 Å². The molecule has 0 saturated heterocycles. The maximum absolute atomic E-state index is 6.17. The number of rotatable bonds is 8. The summed E-state index contributed by atoms with van der Waals surface area (Å²) < 4.78 is 12.3. The van der Waals surface area contributed by atoms with E-state index in [9.17, 15) is 0 Å². The molecule has 0 aromatic heterocycles. The van der Waals surface area contributed by atoms with Gasteiger partial charge in [0.25, 0.3) is 0 Å². The highest BCUT2D eigenvalue weighted by molar-refractivity contribution is 7.74. The Morgan fingerprint density at radius 3 is 1.59 bits per heavy atom. The minimum atomic E-state index is -0.765. The van der Waals surface area contributed by atoms with Gasteiger partial charge < -0.3 is 14.4 Å². The molecule has 6 aromatic rings. The lowest BCUT2D eigenvalue weighted by Gasteiger charge is -2.35. The molecule has 0 heterocycles. The monoisotopic (exact) mass is 623 g/mol. The van der Waals surface area contributed by atoms with Gasteiger partial charge in [-0.1, -0.05) is 110 Å². The van der Waals surface area contributed by atoms with Gasteiger partial charge in [0, 0.05) is 30.9 Å². The van der Waals surface area contributed by atoms with E-state index in [0.717, 1.165) is 11.5 Å². The third-order valence-corrected chi connectivity index (χ3v) is 12.7. The molecule has 46 heavy (non-hydrogen) atoms. The molecule has 1 aliphatic rings. The van der Waals surface area contributed by atoms with Crippen LogP contribution in [0.3, 0.4) is 0 Å². The molecule has 1 atom stereocenters. The second kappa shape index (κ2) is 13.2. The second-order valence-electron chi connectivity index (χ2n) is 12.5. The van der Waals surface area contributed by atoms with Crippen LogP contribution in [0, 0.1) is 0 Å². The Morgan fingerprint density at radius 1 is 0.565 bits per heavy atom. The molecular weight excluding hydrogens is 581 g/mol. The van der Waals surface area contributed by atoms with Crippen LogP contribution in [-0.4, -0.2) is 34.0 Å². The fraction of sp³-hybridized carbons (Fsp3) is 0.238. The van der Waals surface area contributed by atoms with Gasteiger partial charge in [-0.3, -0.25) is 0 Å². The molecule has 0 amide bonds. The molecule has 0 N–H and O–H groups in total. The van der Waals surface area contributed by atoms with Crippen molar-refractivity contribution >= 4 is 45.8 Å². The van der Waals surface area contributed by atoms with Crippen molar-refractivity contribution in [3.8, 4) is 33.8 Å². The lowest BCUT2D eigenvalue weighted by Crippen LogP contribution is -2.26. The number of hydrogen-bond acceptors (Lipinski definition) is 3. The first kappa shape index (κ1) is 30.3. The van der Waals surface area contributed by atoms with E-state index in [2.05, 4.69) is 134 Å². The second-order valence-corrected chi connectivity index (χ2v) is 14.9. The smallest absolute Gasteiger partial charge is 0.127 e. The lowest BCUT2D eigenvalue weighted by molar-refractivity contribution is 0.417. The normalized spacial score (nSPS) is 14.3. The molecule has 0 spiro atoms. The molecule has 1 unspecified atom stereocenters. The van der Waals surface area contributed by atoms with E-state index >= 15 is 0 Å². The molecule has 4 heteroatoms. The van der Waals surface area contributed by atoms with Crippen LogP contribution in [0.5, 0.6) is 11.5 Å². The number of hydrogen-bond donors (Lipinski definition) is 0. The van der Waals surface area contributed by atoms with Gasteiger partial charge >= 0.3 is 0 Å². The number of methoxy groups -OCH3 is 2. The van der Waals surface area contributed by atoms with Gasteiger partial charge in [-0.15, -0.1) is 0 Å². The molecular formula is C42H42NO2P. The van der Waals surface area contributed by atoms with Gasteiger partial charge in [0.1, 0.15) is 11.5 Å². The zero-order valence-corrected chi connectivity index (χ0v) is 28.2. The van der Waals surface area contributed by atoms with E-state index in [1.54, 1.807) is 14.2 Å². The van der Waals surface area contributed by atoms with E-state index < -0.39 is 7.92 Å².